The van der Waals surface area contributed by atoms with Gasteiger partial charge in [0.25, 0.3) is 5.91 Å². The highest BCUT2D eigenvalue weighted by molar-refractivity contribution is 7.14. The summed E-state index contributed by atoms with van der Waals surface area (Å²) in [5, 5.41) is 5.43. The van der Waals surface area contributed by atoms with Crippen molar-refractivity contribution in [2.75, 3.05) is 11.9 Å². The van der Waals surface area contributed by atoms with E-state index in [1.54, 1.807) is 0 Å². The molecule has 0 saturated heterocycles. The number of ether oxygens (including phenoxy) is 1. The Labute approximate surface area is 179 Å². The first-order valence-electron chi connectivity index (χ1n) is 9.33. The number of thiophene rings is 1. The van der Waals surface area contributed by atoms with Crippen molar-refractivity contribution in [3.05, 3.63) is 52.9 Å². The third-order valence-electron chi connectivity index (χ3n) is 4.86. The Morgan fingerprint density at radius 2 is 1.80 bits per heavy atom. The summed E-state index contributed by atoms with van der Waals surface area (Å²) in [5.74, 6) is -0.783. The molecule has 0 aliphatic heterocycles. The number of hydrogen-bond acceptors (Lipinski definition) is 4. The number of nitrogens with one attached hydrogen (secondary N) is 1. The zero-order valence-electron chi connectivity index (χ0n) is 17.6. The normalized spacial score (nSPS) is 12.9. The fraction of sp³-hybridized carbons (Fsp3) is 0.381. The molecule has 0 unspecified atom stereocenters. The lowest BCUT2D eigenvalue weighted by Gasteiger charge is -2.35. The molecule has 2 aromatic rings. The lowest BCUT2D eigenvalue weighted by atomic mass is 10.2. The molecule has 1 N–H and O–H groups in total. The van der Waals surface area contributed by atoms with Crippen LogP contribution >= 0.6 is 11.3 Å². The molecule has 0 radical (unpaired) electrons. The maximum atomic E-state index is 12.3. The number of hydrogen-bond donors (Lipinski definition) is 1. The molecular weight excluding hydrogens is 431 g/mol. The minimum absolute atomic E-state index is 0.151. The van der Waals surface area contributed by atoms with Crippen molar-refractivity contribution in [2.45, 2.75) is 45.3 Å². The maximum Gasteiger partial charge on any atom is 0.573 e. The second-order valence-electron chi connectivity index (χ2n) is 8.24. The van der Waals surface area contributed by atoms with E-state index in [1.165, 1.54) is 23.5 Å². The van der Waals surface area contributed by atoms with Crippen molar-refractivity contribution in [1.82, 2.24) is 0 Å². The maximum absolute atomic E-state index is 12.3. The van der Waals surface area contributed by atoms with Gasteiger partial charge in [-0.15, -0.1) is 24.5 Å². The molecule has 0 aliphatic rings. The molecule has 1 aromatic carbocycles. The van der Waals surface area contributed by atoms with Gasteiger partial charge in [0.1, 0.15) is 5.75 Å². The molecular formula is C21H26F3NO3SSi. The van der Waals surface area contributed by atoms with E-state index in [2.05, 4.69) is 43.9 Å². The standard InChI is InChI=1S/C21H26F3NO3SSi/c1-20(2,3)30(4,5)27-12-6-7-15-13-18(29-14-15)25-19(26)16-8-10-17(11-9-16)28-21(22,23)24/h6-11,13-14H,12H2,1-5H3,(H,25,26). The van der Waals surface area contributed by atoms with Gasteiger partial charge in [0.05, 0.1) is 11.6 Å². The molecule has 0 aliphatic carbocycles. The Hall–Kier alpha value is -2.10. The summed E-state index contributed by atoms with van der Waals surface area (Å²) in [6.45, 7) is 11.5. The summed E-state index contributed by atoms with van der Waals surface area (Å²) in [6.07, 6.45) is -0.878. The molecule has 1 aromatic heterocycles. The summed E-state index contributed by atoms with van der Waals surface area (Å²) in [5.41, 5.74) is 1.17. The number of halogens is 3. The lowest BCUT2D eigenvalue weighted by molar-refractivity contribution is -0.274. The summed E-state index contributed by atoms with van der Waals surface area (Å²) >= 11 is 1.36. The lowest BCUT2D eigenvalue weighted by Crippen LogP contribution is -2.40. The molecule has 0 bridgehead atoms. The number of carbonyl (C=O) groups excluding carboxylic acids is 1. The quantitative estimate of drug-likeness (QED) is 0.458. The van der Waals surface area contributed by atoms with E-state index in [-0.39, 0.29) is 16.4 Å². The third-order valence-corrected chi connectivity index (χ3v) is 10.2. The molecule has 1 amide bonds. The topological polar surface area (TPSA) is 47.6 Å². The van der Waals surface area contributed by atoms with Gasteiger partial charge < -0.3 is 14.5 Å². The largest absolute Gasteiger partial charge is 0.573 e. The van der Waals surface area contributed by atoms with Crippen molar-refractivity contribution in [2.24, 2.45) is 0 Å². The van der Waals surface area contributed by atoms with Gasteiger partial charge >= 0.3 is 6.36 Å². The molecule has 30 heavy (non-hydrogen) atoms. The number of amides is 1. The van der Waals surface area contributed by atoms with E-state index in [1.807, 2.05) is 23.6 Å². The zero-order valence-corrected chi connectivity index (χ0v) is 19.4. The first kappa shape index (κ1) is 24.2. The average Bonchev–Trinajstić information content (AvgIpc) is 3.04. The van der Waals surface area contributed by atoms with E-state index in [9.17, 15) is 18.0 Å². The van der Waals surface area contributed by atoms with E-state index in [4.69, 9.17) is 4.43 Å². The van der Waals surface area contributed by atoms with Crippen LogP contribution in [0.25, 0.3) is 6.08 Å². The highest BCUT2D eigenvalue weighted by Gasteiger charge is 2.36. The van der Waals surface area contributed by atoms with Gasteiger partial charge in [0, 0.05) is 10.9 Å². The number of rotatable bonds is 7. The van der Waals surface area contributed by atoms with E-state index < -0.39 is 20.6 Å². The Bertz CT molecular complexity index is 884. The summed E-state index contributed by atoms with van der Waals surface area (Å²) in [6, 6.07) is 6.60. The van der Waals surface area contributed by atoms with Crippen LogP contribution in [-0.4, -0.2) is 27.2 Å². The first-order valence-corrected chi connectivity index (χ1v) is 13.1. The van der Waals surface area contributed by atoms with Crippen LogP contribution in [0, 0.1) is 0 Å². The molecule has 0 atom stereocenters. The fourth-order valence-electron chi connectivity index (χ4n) is 2.15. The van der Waals surface area contributed by atoms with Gasteiger partial charge in [0.15, 0.2) is 8.32 Å². The van der Waals surface area contributed by atoms with E-state index >= 15 is 0 Å². The average molecular weight is 458 g/mol. The third kappa shape index (κ3) is 7.30. The molecule has 164 valence electrons. The van der Waals surface area contributed by atoms with Gasteiger partial charge in [-0.1, -0.05) is 32.9 Å². The van der Waals surface area contributed by atoms with Crippen LogP contribution in [0.15, 0.2) is 41.8 Å². The molecule has 2 rings (SSSR count). The van der Waals surface area contributed by atoms with Crippen LogP contribution in [0.5, 0.6) is 5.75 Å². The Kier molecular flexibility index (Phi) is 7.54. The summed E-state index contributed by atoms with van der Waals surface area (Å²) < 4.78 is 46.5. The van der Waals surface area contributed by atoms with Crippen LogP contribution in [0.3, 0.4) is 0 Å². The fourth-order valence-corrected chi connectivity index (χ4v) is 3.86. The second kappa shape index (κ2) is 9.36. The molecule has 0 spiro atoms. The van der Waals surface area contributed by atoms with Crippen LogP contribution in [0.1, 0.15) is 36.7 Å². The first-order chi connectivity index (χ1) is 13.8. The van der Waals surface area contributed by atoms with Crippen LogP contribution in [0.4, 0.5) is 18.2 Å². The smallest absolute Gasteiger partial charge is 0.413 e. The van der Waals surface area contributed by atoms with Gasteiger partial charge in [-0.05, 0) is 54.0 Å². The highest BCUT2D eigenvalue weighted by atomic mass is 32.1. The van der Waals surface area contributed by atoms with Crippen molar-refractivity contribution in [3.8, 4) is 5.75 Å². The van der Waals surface area contributed by atoms with E-state index in [0.29, 0.717) is 11.6 Å². The second-order valence-corrected chi connectivity index (χ2v) is 14.0. The number of carbonyl (C=O) groups is 1. The van der Waals surface area contributed by atoms with Crippen molar-refractivity contribution in [3.63, 3.8) is 0 Å². The number of alkyl halides is 3. The summed E-state index contributed by atoms with van der Waals surface area (Å²) in [7, 11) is -1.79. The predicted molar refractivity (Wildman–Crippen MR) is 118 cm³/mol. The van der Waals surface area contributed by atoms with Gasteiger partial charge in [-0.2, -0.15) is 0 Å². The van der Waals surface area contributed by atoms with Crippen molar-refractivity contribution >= 4 is 36.6 Å². The van der Waals surface area contributed by atoms with Crippen LogP contribution < -0.4 is 10.1 Å². The monoisotopic (exact) mass is 457 g/mol. The highest BCUT2D eigenvalue weighted by Crippen LogP contribution is 2.36. The van der Waals surface area contributed by atoms with Crippen LogP contribution in [-0.2, 0) is 4.43 Å². The minimum atomic E-state index is -4.76. The minimum Gasteiger partial charge on any atom is -0.413 e. The number of anilines is 1. The Balaban J connectivity index is 1.90. The van der Waals surface area contributed by atoms with Gasteiger partial charge in [0.2, 0.25) is 0 Å². The van der Waals surface area contributed by atoms with Gasteiger partial charge in [-0.25, -0.2) is 0 Å². The number of benzene rings is 1. The molecule has 0 fully saturated rings. The van der Waals surface area contributed by atoms with Crippen LogP contribution in [0.2, 0.25) is 18.1 Å². The zero-order chi connectivity index (χ0) is 22.6. The SMILES string of the molecule is CC(C)(C)[Si](C)(C)OCC=Cc1csc(NC(=O)c2ccc(OC(F)(F)F)cc2)c1. The summed E-state index contributed by atoms with van der Waals surface area (Å²) in [4.78, 5) is 12.3. The molecule has 9 heteroatoms. The molecule has 1 heterocycles. The van der Waals surface area contributed by atoms with Crippen molar-refractivity contribution < 1.29 is 27.1 Å². The van der Waals surface area contributed by atoms with Gasteiger partial charge in [-0.3, -0.25) is 4.79 Å². The predicted octanol–water partition coefficient (Wildman–Crippen LogP) is 6.93. The van der Waals surface area contributed by atoms with Crippen molar-refractivity contribution in [1.29, 1.82) is 0 Å². The molecule has 0 saturated carbocycles. The molecule has 4 nitrogen and oxygen atoms in total. The Morgan fingerprint density at radius 1 is 1.17 bits per heavy atom. The van der Waals surface area contributed by atoms with E-state index in [0.717, 1.165) is 17.7 Å². The Morgan fingerprint density at radius 3 is 2.37 bits per heavy atom.